The van der Waals surface area contributed by atoms with E-state index in [1.165, 1.54) is 0 Å². The molecule has 0 spiro atoms. The molecule has 0 aliphatic rings. The smallest absolute Gasteiger partial charge is 0.213 e. The Bertz CT molecular complexity index is 801. The van der Waals surface area contributed by atoms with E-state index in [2.05, 4.69) is 15.6 Å². The van der Waals surface area contributed by atoms with E-state index in [1.807, 2.05) is 48.5 Å². The van der Waals surface area contributed by atoms with Crippen LogP contribution in [-0.4, -0.2) is 17.2 Å². The van der Waals surface area contributed by atoms with Crippen molar-refractivity contribution in [2.75, 3.05) is 12.4 Å². The number of thiocarbonyl (C=S) groups is 1. The zero-order valence-corrected chi connectivity index (χ0v) is 14.0. The molecular formula is C18H17N3O2S. The highest BCUT2D eigenvalue weighted by atomic mass is 32.1. The number of hydrogen-bond acceptors (Lipinski definition) is 4. The highest BCUT2D eigenvalue weighted by Gasteiger charge is 2.05. The van der Waals surface area contributed by atoms with Gasteiger partial charge in [-0.05, 0) is 30.4 Å². The van der Waals surface area contributed by atoms with E-state index in [0.717, 1.165) is 22.8 Å². The highest BCUT2D eigenvalue weighted by molar-refractivity contribution is 7.80. The summed E-state index contributed by atoms with van der Waals surface area (Å²) in [6.45, 7) is 0.502. The van der Waals surface area contributed by atoms with Gasteiger partial charge in [0.05, 0.1) is 25.5 Å². The molecule has 0 saturated heterocycles. The van der Waals surface area contributed by atoms with E-state index in [1.54, 1.807) is 19.4 Å². The quantitative estimate of drug-likeness (QED) is 0.689. The molecule has 0 saturated carbocycles. The Hall–Kier alpha value is -2.86. The summed E-state index contributed by atoms with van der Waals surface area (Å²) < 4.78 is 10.8. The summed E-state index contributed by atoms with van der Waals surface area (Å²) in [5.41, 5.74) is 1.84. The van der Waals surface area contributed by atoms with Crippen molar-refractivity contribution in [2.24, 2.45) is 0 Å². The molecule has 24 heavy (non-hydrogen) atoms. The molecular weight excluding hydrogens is 322 g/mol. The molecule has 6 heteroatoms. The number of nitrogens with zero attached hydrogens (tertiary/aromatic N) is 1. The molecule has 2 N–H and O–H groups in total. The molecule has 0 bridgehead atoms. The van der Waals surface area contributed by atoms with Crippen LogP contribution in [0.2, 0.25) is 0 Å². The van der Waals surface area contributed by atoms with Gasteiger partial charge in [0.25, 0.3) is 0 Å². The van der Waals surface area contributed by atoms with E-state index >= 15 is 0 Å². The minimum absolute atomic E-state index is 0.500. The third-order valence-electron chi connectivity index (χ3n) is 3.35. The molecule has 0 aliphatic heterocycles. The first kappa shape index (κ1) is 16.0. The fraction of sp³-hybridized carbons (Fsp3) is 0.111. The van der Waals surface area contributed by atoms with Crippen LogP contribution in [0.25, 0.3) is 11.3 Å². The van der Waals surface area contributed by atoms with Gasteiger partial charge in [-0.3, -0.25) is 0 Å². The van der Waals surface area contributed by atoms with Crippen LogP contribution < -0.4 is 15.4 Å². The third-order valence-corrected chi connectivity index (χ3v) is 3.59. The number of rotatable bonds is 5. The third kappa shape index (κ3) is 4.11. The minimum Gasteiger partial charge on any atom is -0.481 e. The van der Waals surface area contributed by atoms with Gasteiger partial charge in [0, 0.05) is 11.6 Å². The maximum atomic E-state index is 5.82. The van der Waals surface area contributed by atoms with E-state index in [-0.39, 0.29) is 0 Å². The van der Waals surface area contributed by atoms with Crippen LogP contribution in [0.3, 0.4) is 0 Å². The summed E-state index contributed by atoms with van der Waals surface area (Å²) in [6.07, 6.45) is 1.66. The van der Waals surface area contributed by atoms with Crippen molar-refractivity contribution in [3.63, 3.8) is 0 Å². The van der Waals surface area contributed by atoms with Gasteiger partial charge in [-0.15, -0.1) is 0 Å². The van der Waals surface area contributed by atoms with E-state index in [0.29, 0.717) is 17.5 Å². The van der Waals surface area contributed by atoms with E-state index < -0.39 is 0 Å². The average molecular weight is 339 g/mol. The monoisotopic (exact) mass is 339 g/mol. The highest BCUT2D eigenvalue weighted by Crippen LogP contribution is 2.21. The van der Waals surface area contributed by atoms with Crippen molar-refractivity contribution in [1.82, 2.24) is 10.3 Å². The number of furan rings is 1. The van der Waals surface area contributed by atoms with Crippen LogP contribution >= 0.6 is 12.2 Å². The minimum atomic E-state index is 0.500. The lowest BCUT2D eigenvalue weighted by atomic mass is 10.2. The summed E-state index contributed by atoms with van der Waals surface area (Å²) in [7, 11) is 1.58. The number of hydrogen-bond donors (Lipinski definition) is 2. The Balaban J connectivity index is 1.53. The first-order chi connectivity index (χ1) is 11.7. The number of ether oxygens (including phenoxy) is 1. The van der Waals surface area contributed by atoms with Gasteiger partial charge in [-0.1, -0.05) is 30.3 Å². The molecule has 0 radical (unpaired) electrons. The summed E-state index contributed by atoms with van der Waals surface area (Å²) >= 11 is 5.27. The SMILES string of the molecule is COc1ccc(NC(=S)NCc2ccc(-c3ccccc3)o2)cn1. The van der Waals surface area contributed by atoms with E-state index in [4.69, 9.17) is 21.4 Å². The maximum absolute atomic E-state index is 5.82. The van der Waals surface area contributed by atoms with Gasteiger partial charge in [0.15, 0.2) is 5.11 Å². The lowest BCUT2D eigenvalue weighted by Gasteiger charge is -2.09. The van der Waals surface area contributed by atoms with Crippen molar-refractivity contribution in [2.45, 2.75) is 6.54 Å². The predicted molar refractivity (Wildman–Crippen MR) is 98.0 cm³/mol. The zero-order valence-electron chi connectivity index (χ0n) is 13.2. The van der Waals surface area contributed by atoms with Crippen molar-refractivity contribution in [3.05, 3.63) is 66.6 Å². The van der Waals surface area contributed by atoms with Crippen LogP contribution in [0.1, 0.15) is 5.76 Å². The Morgan fingerprint density at radius 2 is 1.96 bits per heavy atom. The lowest BCUT2D eigenvalue weighted by Crippen LogP contribution is -2.27. The van der Waals surface area contributed by atoms with Gasteiger partial charge >= 0.3 is 0 Å². The molecule has 2 aromatic heterocycles. The van der Waals surface area contributed by atoms with Crippen LogP contribution in [0.5, 0.6) is 5.88 Å². The summed E-state index contributed by atoms with van der Waals surface area (Å²) in [6, 6.07) is 17.5. The molecule has 2 heterocycles. The number of pyridine rings is 1. The molecule has 122 valence electrons. The second kappa shape index (κ2) is 7.61. The van der Waals surface area contributed by atoms with Crippen molar-refractivity contribution in [3.8, 4) is 17.2 Å². The average Bonchev–Trinajstić information content (AvgIpc) is 3.10. The normalized spacial score (nSPS) is 10.2. The summed E-state index contributed by atoms with van der Waals surface area (Å²) in [5, 5.41) is 6.67. The van der Waals surface area contributed by atoms with Gasteiger partial charge < -0.3 is 19.8 Å². The van der Waals surface area contributed by atoms with Crippen LogP contribution in [0.4, 0.5) is 5.69 Å². The van der Waals surface area contributed by atoms with Crippen LogP contribution in [0.15, 0.2) is 65.2 Å². The second-order valence-corrected chi connectivity index (χ2v) is 5.44. The van der Waals surface area contributed by atoms with Crippen LogP contribution in [0, 0.1) is 0 Å². The number of aromatic nitrogens is 1. The zero-order chi connectivity index (χ0) is 16.8. The van der Waals surface area contributed by atoms with Gasteiger partial charge in [0.2, 0.25) is 5.88 Å². The van der Waals surface area contributed by atoms with Gasteiger partial charge in [0.1, 0.15) is 11.5 Å². The Morgan fingerprint density at radius 3 is 2.67 bits per heavy atom. The van der Waals surface area contributed by atoms with Crippen LogP contribution in [-0.2, 0) is 6.54 Å². The Labute approximate surface area is 145 Å². The molecule has 0 aliphatic carbocycles. The Morgan fingerprint density at radius 1 is 1.12 bits per heavy atom. The molecule has 0 unspecified atom stereocenters. The van der Waals surface area contributed by atoms with Gasteiger partial charge in [-0.2, -0.15) is 0 Å². The van der Waals surface area contributed by atoms with Crippen molar-refractivity contribution < 1.29 is 9.15 Å². The molecule has 0 amide bonds. The summed E-state index contributed by atoms with van der Waals surface area (Å²) in [5.74, 6) is 2.21. The number of methoxy groups -OCH3 is 1. The topological polar surface area (TPSA) is 59.3 Å². The molecule has 0 atom stereocenters. The van der Waals surface area contributed by atoms with Crippen molar-refractivity contribution >= 4 is 23.0 Å². The first-order valence-corrected chi connectivity index (χ1v) is 7.84. The fourth-order valence-electron chi connectivity index (χ4n) is 2.15. The fourth-order valence-corrected chi connectivity index (χ4v) is 2.34. The van der Waals surface area contributed by atoms with Crippen molar-refractivity contribution in [1.29, 1.82) is 0 Å². The molecule has 3 rings (SSSR count). The van der Waals surface area contributed by atoms with E-state index in [9.17, 15) is 0 Å². The molecule has 5 nitrogen and oxygen atoms in total. The largest absolute Gasteiger partial charge is 0.481 e. The predicted octanol–water partition coefficient (Wildman–Crippen LogP) is 3.84. The second-order valence-electron chi connectivity index (χ2n) is 5.03. The van der Waals surface area contributed by atoms with Gasteiger partial charge in [-0.25, -0.2) is 4.98 Å². The molecule has 3 aromatic rings. The number of anilines is 1. The molecule has 1 aromatic carbocycles. The number of benzene rings is 1. The lowest BCUT2D eigenvalue weighted by molar-refractivity contribution is 0.398. The summed E-state index contributed by atoms with van der Waals surface area (Å²) in [4.78, 5) is 4.11. The number of nitrogens with one attached hydrogen (secondary N) is 2. The Kier molecular flexibility index (Phi) is 5.08. The maximum Gasteiger partial charge on any atom is 0.213 e. The molecule has 0 fully saturated rings. The first-order valence-electron chi connectivity index (χ1n) is 7.43. The standard InChI is InChI=1S/C18H17N3O2S/c1-22-17-10-7-14(11-19-17)21-18(24)20-12-15-8-9-16(23-15)13-5-3-2-4-6-13/h2-11H,12H2,1H3,(H2,20,21,24).